The maximum absolute atomic E-state index is 14.3. The summed E-state index contributed by atoms with van der Waals surface area (Å²) in [6, 6.07) is 14.2. The van der Waals surface area contributed by atoms with Gasteiger partial charge in [0.2, 0.25) is 5.95 Å². The molecule has 4 rings (SSSR count). The van der Waals surface area contributed by atoms with E-state index in [0.29, 0.717) is 22.0 Å². The van der Waals surface area contributed by atoms with Crippen LogP contribution in [0.2, 0.25) is 0 Å². The fourth-order valence-electron chi connectivity index (χ4n) is 3.58. The molecule has 0 unspecified atom stereocenters. The molecule has 0 saturated carbocycles. The number of methoxy groups -OCH3 is 1. The highest BCUT2D eigenvalue weighted by atomic mass is 32.2. The SMILES string of the molecule is COc1ccccc1-n1c(SCc2cc(C#N)ccc2F)nnc1N1CCCCC1. The number of ether oxygens (including phenoxy) is 1. The Kier molecular flexibility index (Phi) is 6.19. The standard InChI is InChI=1S/C22H22FN5OS/c1-29-20-8-4-3-7-19(20)28-21(27-11-5-2-6-12-27)25-26-22(28)30-15-17-13-16(14-24)9-10-18(17)23/h3-4,7-10,13H,2,5-6,11-12,15H2,1H3. The van der Waals surface area contributed by atoms with Crippen LogP contribution in [0.1, 0.15) is 30.4 Å². The summed E-state index contributed by atoms with van der Waals surface area (Å²) in [5.41, 5.74) is 1.75. The molecule has 3 aromatic rings. The molecule has 0 radical (unpaired) electrons. The lowest BCUT2D eigenvalue weighted by atomic mass is 10.1. The molecule has 6 nitrogen and oxygen atoms in total. The first-order valence-electron chi connectivity index (χ1n) is 9.86. The van der Waals surface area contributed by atoms with Gasteiger partial charge in [-0.25, -0.2) is 4.39 Å². The maximum Gasteiger partial charge on any atom is 0.232 e. The van der Waals surface area contributed by atoms with E-state index in [2.05, 4.69) is 21.2 Å². The number of nitrogens with zero attached hydrogens (tertiary/aromatic N) is 5. The van der Waals surface area contributed by atoms with Crippen molar-refractivity contribution in [2.24, 2.45) is 0 Å². The van der Waals surface area contributed by atoms with E-state index in [1.807, 2.05) is 28.8 Å². The highest BCUT2D eigenvalue weighted by Gasteiger charge is 2.23. The Bertz CT molecular complexity index is 1070. The van der Waals surface area contributed by atoms with Crippen LogP contribution in [0.4, 0.5) is 10.3 Å². The van der Waals surface area contributed by atoms with Crippen molar-refractivity contribution in [2.45, 2.75) is 30.2 Å². The number of para-hydroxylation sites is 2. The van der Waals surface area contributed by atoms with Crippen molar-refractivity contribution in [3.05, 3.63) is 59.4 Å². The van der Waals surface area contributed by atoms with Crippen molar-refractivity contribution in [3.8, 4) is 17.5 Å². The fraction of sp³-hybridized carbons (Fsp3) is 0.318. The zero-order chi connectivity index (χ0) is 20.9. The van der Waals surface area contributed by atoms with Crippen LogP contribution < -0.4 is 9.64 Å². The molecular formula is C22H22FN5OS. The molecule has 1 saturated heterocycles. The van der Waals surface area contributed by atoms with Gasteiger partial charge >= 0.3 is 0 Å². The fourth-order valence-corrected chi connectivity index (χ4v) is 4.49. The van der Waals surface area contributed by atoms with Gasteiger partial charge in [-0.05, 0) is 55.2 Å². The molecule has 2 aromatic carbocycles. The zero-order valence-corrected chi connectivity index (χ0v) is 17.5. The third-order valence-corrected chi connectivity index (χ3v) is 6.09. The number of piperidine rings is 1. The first-order valence-corrected chi connectivity index (χ1v) is 10.8. The summed E-state index contributed by atoms with van der Waals surface area (Å²) in [6.45, 7) is 1.85. The third-order valence-electron chi connectivity index (χ3n) is 5.11. The van der Waals surface area contributed by atoms with Gasteiger partial charge in [0.05, 0.1) is 24.4 Å². The Morgan fingerprint density at radius 3 is 2.70 bits per heavy atom. The second kappa shape index (κ2) is 9.18. The van der Waals surface area contributed by atoms with Crippen molar-refractivity contribution in [3.63, 3.8) is 0 Å². The van der Waals surface area contributed by atoms with Crippen molar-refractivity contribution in [1.29, 1.82) is 5.26 Å². The van der Waals surface area contributed by atoms with Gasteiger partial charge in [0.1, 0.15) is 11.6 Å². The summed E-state index contributed by atoms with van der Waals surface area (Å²) < 4.78 is 21.8. The van der Waals surface area contributed by atoms with Crippen LogP contribution in [0.3, 0.4) is 0 Å². The number of hydrogen-bond acceptors (Lipinski definition) is 6. The molecule has 8 heteroatoms. The van der Waals surface area contributed by atoms with Gasteiger partial charge in [0, 0.05) is 18.8 Å². The average Bonchev–Trinajstić information content (AvgIpc) is 3.22. The summed E-state index contributed by atoms with van der Waals surface area (Å²) in [5.74, 6) is 1.50. The number of halogens is 1. The van der Waals surface area contributed by atoms with Gasteiger partial charge < -0.3 is 9.64 Å². The Balaban J connectivity index is 1.71. The highest BCUT2D eigenvalue weighted by molar-refractivity contribution is 7.98. The number of nitriles is 1. The van der Waals surface area contributed by atoms with Crippen LogP contribution >= 0.6 is 11.8 Å². The Morgan fingerprint density at radius 1 is 1.13 bits per heavy atom. The topological polar surface area (TPSA) is 67.0 Å². The lowest BCUT2D eigenvalue weighted by Crippen LogP contribution is -2.31. The van der Waals surface area contributed by atoms with Gasteiger partial charge in [-0.1, -0.05) is 23.9 Å². The molecule has 1 aromatic heterocycles. The van der Waals surface area contributed by atoms with E-state index >= 15 is 0 Å². The molecule has 0 bridgehead atoms. The first kappa shape index (κ1) is 20.2. The quantitative estimate of drug-likeness (QED) is 0.541. The van der Waals surface area contributed by atoms with Crippen LogP contribution in [0, 0.1) is 17.1 Å². The first-order chi connectivity index (χ1) is 14.7. The van der Waals surface area contributed by atoms with E-state index in [0.717, 1.165) is 43.3 Å². The highest BCUT2D eigenvalue weighted by Crippen LogP contribution is 2.34. The molecule has 0 atom stereocenters. The van der Waals surface area contributed by atoms with E-state index in [1.54, 1.807) is 13.2 Å². The minimum atomic E-state index is -0.332. The molecule has 154 valence electrons. The summed E-state index contributed by atoms with van der Waals surface area (Å²) in [4.78, 5) is 2.24. The number of thioether (sulfide) groups is 1. The number of hydrogen-bond donors (Lipinski definition) is 0. The average molecular weight is 424 g/mol. The van der Waals surface area contributed by atoms with Gasteiger partial charge in [0.25, 0.3) is 0 Å². The van der Waals surface area contributed by atoms with E-state index in [4.69, 9.17) is 10.00 Å². The minimum Gasteiger partial charge on any atom is -0.495 e. The number of aromatic nitrogens is 3. The van der Waals surface area contributed by atoms with Crippen LogP contribution in [0.15, 0.2) is 47.6 Å². The summed E-state index contributed by atoms with van der Waals surface area (Å²) >= 11 is 1.39. The van der Waals surface area contributed by atoms with Crippen LogP contribution in [-0.4, -0.2) is 35.0 Å². The van der Waals surface area contributed by atoms with Crippen molar-refractivity contribution < 1.29 is 9.13 Å². The Labute approximate surface area is 179 Å². The number of anilines is 1. The molecule has 1 fully saturated rings. The maximum atomic E-state index is 14.3. The summed E-state index contributed by atoms with van der Waals surface area (Å²) in [6.07, 6.45) is 3.45. The van der Waals surface area contributed by atoms with Crippen molar-refractivity contribution in [1.82, 2.24) is 14.8 Å². The molecule has 1 aliphatic heterocycles. The van der Waals surface area contributed by atoms with Gasteiger partial charge in [-0.2, -0.15) is 5.26 Å². The molecule has 0 amide bonds. The predicted octanol–water partition coefficient (Wildman–Crippen LogP) is 4.57. The molecule has 2 heterocycles. The minimum absolute atomic E-state index is 0.332. The van der Waals surface area contributed by atoms with E-state index in [-0.39, 0.29) is 5.82 Å². The molecule has 1 aliphatic rings. The normalized spacial score (nSPS) is 13.8. The van der Waals surface area contributed by atoms with E-state index < -0.39 is 0 Å². The second-order valence-electron chi connectivity index (χ2n) is 7.04. The van der Waals surface area contributed by atoms with Crippen LogP contribution in [0.25, 0.3) is 5.69 Å². The van der Waals surface area contributed by atoms with Gasteiger partial charge in [-0.3, -0.25) is 4.57 Å². The number of benzene rings is 2. The summed E-state index contributed by atoms with van der Waals surface area (Å²) in [7, 11) is 1.64. The molecular weight excluding hydrogens is 401 g/mol. The Hall–Kier alpha value is -3.05. The lowest BCUT2D eigenvalue weighted by molar-refractivity contribution is 0.412. The van der Waals surface area contributed by atoms with Gasteiger partial charge in [0.15, 0.2) is 5.16 Å². The smallest absolute Gasteiger partial charge is 0.232 e. The zero-order valence-electron chi connectivity index (χ0n) is 16.7. The van der Waals surface area contributed by atoms with Crippen molar-refractivity contribution in [2.75, 3.05) is 25.1 Å². The molecule has 0 N–H and O–H groups in total. The predicted molar refractivity (Wildman–Crippen MR) is 115 cm³/mol. The second-order valence-corrected chi connectivity index (χ2v) is 7.99. The number of rotatable bonds is 6. The Morgan fingerprint density at radius 2 is 1.93 bits per heavy atom. The summed E-state index contributed by atoms with van der Waals surface area (Å²) in [5, 5.41) is 18.7. The largest absolute Gasteiger partial charge is 0.495 e. The molecule has 0 spiro atoms. The van der Waals surface area contributed by atoms with E-state index in [9.17, 15) is 4.39 Å². The third kappa shape index (κ3) is 4.12. The van der Waals surface area contributed by atoms with Crippen molar-refractivity contribution >= 4 is 17.7 Å². The monoisotopic (exact) mass is 423 g/mol. The molecule has 30 heavy (non-hydrogen) atoms. The van der Waals surface area contributed by atoms with E-state index in [1.165, 1.54) is 30.3 Å². The lowest BCUT2D eigenvalue weighted by Gasteiger charge is -2.28. The van der Waals surface area contributed by atoms with Crippen LogP contribution in [-0.2, 0) is 5.75 Å². The molecule has 0 aliphatic carbocycles. The van der Waals surface area contributed by atoms with Gasteiger partial charge in [-0.15, -0.1) is 10.2 Å². The van der Waals surface area contributed by atoms with Crippen LogP contribution in [0.5, 0.6) is 5.75 Å².